The highest BCUT2D eigenvalue weighted by atomic mass is 35.5. The molecule has 0 saturated heterocycles. The third kappa shape index (κ3) is 4.41. The van der Waals surface area contributed by atoms with Crippen molar-refractivity contribution in [1.29, 1.82) is 5.26 Å². The maximum atomic E-state index is 14.0. The number of benzene rings is 2. The molecule has 0 saturated carbocycles. The van der Waals surface area contributed by atoms with Crippen molar-refractivity contribution in [3.8, 4) is 28.7 Å². The number of H-pyrrole nitrogens is 1. The van der Waals surface area contributed by atoms with E-state index in [0.29, 0.717) is 34.9 Å². The molecule has 5 nitrogen and oxygen atoms in total. The van der Waals surface area contributed by atoms with E-state index >= 15 is 0 Å². The summed E-state index contributed by atoms with van der Waals surface area (Å²) in [5.74, 6) is 0.360. The van der Waals surface area contributed by atoms with Crippen molar-refractivity contribution in [1.82, 2.24) is 4.98 Å². The minimum atomic E-state index is -0.454. The molecule has 0 unspecified atom stereocenters. The number of pyridine rings is 1. The van der Waals surface area contributed by atoms with Crippen LogP contribution < -0.4 is 15.0 Å². The lowest BCUT2D eigenvalue weighted by molar-refractivity contribution is 0.266. The molecule has 3 aromatic rings. The Kier molecular flexibility index (Phi) is 6.20. The molecule has 1 heterocycles. The van der Waals surface area contributed by atoms with Gasteiger partial charge in [-0.3, -0.25) is 4.79 Å². The minimum Gasteiger partial charge on any atom is -0.490 e. The van der Waals surface area contributed by atoms with Crippen LogP contribution in [0.4, 0.5) is 4.39 Å². The molecule has 0 bridgehead atoms. The molecule has 0 aliphatic heterocycles. The van der Waals surface area contributed by atoms with E-state index in [1.54, 1.807) is 37.3 Å². The molecular weight excluding hydrogens is 395 g/mol. The average molecular weight is 413 g/mol. The normalized spacial score (nSPS) is 10.4. The number of aryl methyl sites for hydroxylation is 1. The van der Waals surface area contributed by atoms with Crippen LogP contribution in [-0.2, 0) is 6.61 Å². The van der Waals surface area contributed by atoms with Crippen molar-refractivity contribution in [3.63, 3.8) is 0 Å². The van der Waals surface area contributed by atoms with Gasteiger partial charge in [-0.05, 0) is 49.7 Å². The molecule has 1 aromatic heterocycles. The Labute approximate surface area is 172 Å². The van der Waals surface area contributed by atoms with Gasteiger partial charge in [0, 0.05) is 16.8 Å². The number of nitrogens with one attached hydrogen (secondary N) is 1. The molecule has 0 radical (unpaired) electrons. The molecule has 0 fully saturated rings. The minimum absolute atomic E-state index is 0.0184. The molecular formula is C22H18ClFN2O3. The number of ether oxygens (including phenoxy) is 2. The Balaban J connectivity index is 1.98. The van der Waals surface area contributed by atoms with Crippen molar-refractivity contribution in [3.05, 3.63) is 80.5 Å². The highest BCUT2D eigenvalue weighted by Gasteiger charge is 2.15. The summed E-state index contributed by atoms with van der Waals surface area (Å²) in [6.45, 7) is 3.87. The van der Waals surface area contributed by atoms with Crippen LogP contribution in [-0.4, -0.2) is 11.6 Å². The SMILES string of the molecule is CCOc1cc(-c2cc(C)[nH]c(=O)c2C#N)ccc1OCc1c(F)cccc1Cl. The number of halogens is 2. The van der Waals surface area contributed by atoms with Crippen LogP contribution >= 0.6 is 11.6 Å². The number of hydrogen-bond donors (Lipinski definition) is 1. The Morgan fingerprint density at radius 2 is 1.97 bits per heavy atom. The van der Waals surface area contributed by atoms with Gasteiger partial charge in [-0.25, -0.2) is 4.39 Å². The van der Waals surface area contributed by atoms with Gasteiger partial charge in [0.15, 0.2) is 11.5 Å². The van der Waals surface area contributed by atoms with E-state index in [9.17, 15) is 14.4 Å². The number of aromatic nitrogens is 1. The summed E-state index contributed by atoms with van der Waals surface area (Å²) in [6.07, 6.45) is 0. The smallest absolute Gasteiger partial charge is 0.266 e. The first-order valence-corrected chi connectivity index (χ1v) is 9.29. The van der Waals surface area contributed by atoms with Gasteiger partial charge in [0.25, 0.3) is 5.56 Å². The van der Waals surface area contributed by atoms with E-state index < -0.39 is 11.4 Å². The fourth-order valence-electron chi connectivity index (χ4n) is 2.91. The number of aromatic amines is 1. The Morgan fingerprint density at radius 1 is 1.17 bits per heavy atom. The number of rotatable bonds is 6. The zero-order valence-corrected chi connectivity index (χ0v) is 16.6. The van der Waals surface area contributed by atoms with Crippen LogP contribution in [0.25, 0.3) is 11.1 Å². The lowest BCUT2D eigenvalue weighted by Gasteiger charge is -2.15. The van der Waals surface area contributed by atoms with E-state index in [4.69, 9.17) is 21.1 Å². The quantitative estimate of drug-likeness (QED) is 0.618. The van der Waals surface area contributed by atoms with Gasteiger partial charge in [-0.15, -0.1) is 0 Å². The van der Waals surface area contributed by atoms with E-state index in [0.717, 1.165) is 0 Å². The predicted octanol–water partition coefficient (Wildman–Crippen LogP) is 4.99. The van der Waals surface area contributed by atoms with Gasteiger partial charge < -0.3 is 14.5 Å². The lowest BCUT2D eigenvalue weighted by atomic mass is 10.0. The third-order valence-corrected chi connectivity index (χ3v) is 4.62. The highest BCUT2D eigenvalue weighted by Crippen LogP contribution is 2.34. The van der Waals surface area contributed by atoms with Gasteiger partial charge in [-0.2, -0.15) is 5.26 Å². The first kappa shape index (κ1) is 20.4. The third-order valence-electron chi connectivity index (χ3n) is 4.27. The Bertz CT molecular complexity index is 1130. The fourth-order valence-corrected chi connectivity index (χ4v) is 3.13. The summed E-state index contributed by atoms with van der Waals surface area (Å²) < 4.78 is 25.4. The maximum absolute atomic E-state index is 14.0. The second kappa shape index (κ2) is 8.80. The highest BCUT2D eigenvalue weighted by molar-refractivity contribution is 6.31. The summed E-state index contributed by atoms with van der Waals surface area (Å²) in [6, 6.07) is 13.2. The van der Waals surface area contributed by atoms with Crippen molar-refractivity contribution in [2.45, 2.75) is 20.5 Å². The van der Waals surface area contributed by atoms with Crippen LogP contribution in [0.5, 0.6) is 11.5 Å². The van der Waals surface area contributed by atoms with Gasteiger partial charge in [0.2, 0.25) is 0 Å². The topological polar surface area (TPSA) is 75.1 Å². The van der Waals surface area contributed by atoms with Crippen LogP contribution in [0.3, 0.4) is 0 Å². The van der Waals surface area contributed by atoms with Crippen LogP contribution in [0.1, 0.15) is 23.7 Å². The molecule has 29 heavy (non-hydrogen) atoms. The molecule has 0 atom stereocenters. The number of nitrogens with zero attached hydrogens (tertiary/aromatic N) is 1. The van der Waals surface area contributed by atoms with Crippen molar-refractivity contribution in [2.24, 2.45) is 0 Å². The summed E-state index contributed by atoms with van der Waals surface area (Å²) in [5.41, 5.74) is 1.59. The summed E-state index contributed by atoms with van der Waals surface area (Å²) in [7, 11) is 0. The second-order valence-electron chi connectivity index (χ2n) is 6.27. The molecule has 7 heteroatoms. The Morgan fingerprint density at radius 3 is 2.66 bits per heavy atom. The summed E-state index contributed by atoms with van der Waals surface area (Å²) in [4.78, 5) is 14.7. The maximum Gasteiger partial charge on any atom is 0.266 e. The van der Waals surface area contributed by atoms with Crippen LogP contribution in [0, 0.1) is 24.1 Å². The van der Waals surface area contributed by atoms with Crippen LogP contribution in [0.15, 0.2) is 47.3 Å². The van der Waals surface area contributed by atoms with Gasteiger partial charge in [0.05, 0.1) is 11.6 Å². The molecule has 0 amide bonds. The van der Waals surface area contributed by atoms with Crippen molar-refractivity contribution >= 4 is 11.6 Å². The molecule has 0 aliphatic rings. The van der Waals surface area contributed by atoms with Gasteiger partial charge in [-0.1, -0.05) is 23.7 Å². The number of nitriles is 1. The first-order chi connectivity index (χ1) is 13.9. The fraction of sp³-hybridized carbons (Fsp3) is 0.182. The first-order valence-electron chi connectivity index (χ1n) is 8.91. The largest absolute Gasteiger partial charge is 0.490 e. The molecule has 0 aliphatic carbocycles. The molecule has 0 spiro atoms. The van der Waals surface area contributed by atoms with Crippen molar-refractivity contribution in [2.75, 3.05) is 6.61 Å². The van der Waals surface area contributed by atoms with E-state index in [1.165, 1.54) is 12.1 Å². The Hall–Kier alpha value is -3.30. The molecule has 2 aromatic carbocycles. The molecule has 1 N–H and O–H groups in total. The second-order valence-corrected chi connectivity index (χ2v) is 6.67. The number of hydrogen-bond acceptors (Lipinski definition) is 4. The summed E-state index contributed by atoms with van der Waals surface area (Å²) in [5, 5.41) is 9.64. The lowest BCUT2D eigenvalue weighted by Crippen LogP contribution is -2.12. The molecule has 3 rings (SSSR count). The zero-order valence-electron chi connectivity index (χ0n) is 15.9. The monoisotopic (exact) mass is 412 g/mol. The predicted molar refractivity (Wildman–Crippen MR) is 109 cm³/mol. The average Bonchev–Trinajstić information content (AvgIpc) is 2.68. The van der Waals surface area contributed by atoms with E-state index in [2.05, 4.69) is 4.98 Å². The van der Waals surface area contributed by atoms with Crippen LogP contribution in [0.2, 0.25) is 5.02 Å². The standard InChI is InChI=1S/C22H18ClFN2O3/c1-3-28-21-10-14(15-9-13(2)26-22(27)16(15)11-25)7-8-20(21)29-12-17-18(23)5-4-6-19(17)24/h4-10H,3,12H2,1-2H3,(H,26,27). The van der Waals surface area contributed by atoms with Gasteiger partial charge in [0.1, 0.15) is 24.1 Å². The van der Waals surface area contributed by atoms with Crippen molar-refractivity contribution < 1.29 is 13.9 Å². The summed E-state index contributed by atoms with van der Waals surface area (Å²) >= 11 is 6.05. The van der Waals surface area contributed by atoms with E-state index in [1.807, 2.05) is 13.0 Å². The zero-order chi connectivity index (χ0) is 21.0. The van der Waals surface area contributed by atoms with Gasteiger partial charge >= 0.3 is 0 Å². The molecule has 148 valence electrons. The van der Waals surface area contributed by atoms with E-state index in [-0.39, 0.29) is 22.8 Å².